The van der Waals surface area contributed by atoms with Gasteiger partial charge in [-0.15, -0.1) is 0 Å². The van der Waals surface area contributed by atoms with Crippen LogP contribution >= 0.6 is 15.9 Å². The zero-order valence-corrected chi connectivity index (χ0v) is 7.59. The first-order valence-electron chi connectivity index (χ1n) is 2.22. The first-order chi connectivity index (χ1) is 4.50. The molecule has 0 rings (SSSR count). The van der Waals surface area contributed by atoms with Crippen molar-refractivity contribution >= 4 is 25.8 Å². The predicted molar refractivity (Wildman–Crippen MR) is 34.5 cm³/mol. The number of sulfone groups is 1. The van der Waals surface area contributed by atoms with E-state index in [0.29, 0.717) is 6.92 Å². The lowest BCUT2D eigenvalue weighted by atomic mass is 10.9. The first kappa shape index (κ1) is 11.2. The standard InChI is InChI=1S/C3H4BrF3O3S/c1-2(4,8)11(9,10)3(5,6)7/h8H,1H3. The Morgan fingerprint density at radius 2 is 1.64 bits per heavy atom. The molecule has 0 aliphatic carbocycles. The van der Waals surface area contributed by atoms with E-state index >= 15 is 0 Å². The molecule has 0 bridgehead atoms. The Kier molecular flexibility index (Phi) is 2.64. The van der Waals surface area contributed by atoms with Crippen LogP contribution < -0.4 is 0 Å². The third kappa shape index (κ3) is 2.06. The van der Waals surface area contributed by atoms with Gasteiger partial charge < -0.3 is 5.11 Å². The molecule has 0 radical (unpaired) electrons. The van der Waals surface area contributed by atoms with E-state index < -0.39 is 19.2 Å². The third-order valence-corrected chi connectivity index (χ3v) is 3.66. The molecule has 1 atom stereocenters. The highest BCUT2D eigenvalue weighted by molar-refractivity contribution is 9.11. The fourth-order valence-corrected chi connectivity index (χ4v) is 1.18. The van der Waals surface area contributed by atoms with Gasteiger partial charge in [-0.25, -0.2) is 8.42 Å². The minimum atomic E-state index is -5.54. The van der Waals surface area contributed by atoms with Crippen molar-refractivity contribution in [2.75, 3.05) is 0 Å². The van der Waals surface area contributed by atoms with Crippen LogP contribution in [0.2, 0.25) is 0 Å². The normalized spacial score (nSPS) is 19.5. The molecule has 3 nitrogen and oxygen atoms in total. The number of hydrogen-bond acceptors (Lipinski definition) is 3. The Labute approximate surface area is 69.3 Å². The van der Waals surface area contributed by atoms with Crippen molar-refractivity contribution in [3.63, 3.8) is 0 Å². The zero-order chi connectivity index (χ0) is 9.50. The van der Waals surface area contributed by atoms with Gasteiger partial charge in [0, 0.05) is 0 Å². The maximum atomic E-state index is 11.6. The van der Waals surface area contributed by atoms with E-state index in [0.717, 1.165) is 0 Å². The van der Waals surface area contributed by atoms with Crippen molar-refractivity contribution in [2.24, 2.45) is 0 Å². The molecule has 11 heavy (non-hydrogen) atoms. The molecule has 68 valence electrons. The van der Waals surface area contributed by atoms with Gasteiger partial charge in [0.1, 0.15) is 0 Å². The predicted octanol–water partition coefficient (Wildman–Crippen LogP) is 0.982. The summed E-state index contributed by atoms with van der Waals surface area (Å²) in [4.78, 5) is 0. The second kappa shape index (κ2) is 2.60. The van der Waals surface area contributed by atoms with E-state index in [9.17, 15) is 21.6 Å². The van der Waals surface area contributed by atoms with Crippen LogP contribution in [0, 0.1) is 0 Å². The van der Waals surface area contributed by atoms with Crippen LogP contribution in [-0.2, 0) is 9.84 Å². The Bertz CT molecular complexity index is 216. The maximum Gasteiger partial charge on any atom is 0.501 e. The van der Waals surface area contributed by atoms with Crippen molar-refractivity contribution in [2.45, 2.75) is 16.3 Å². The van der Waals surface area contributed by atoms with Gasteiger partial charge in [0.25, 0.3) is 9.84 Å². The maximum absolute atomic E-state index is 11.6. The van der Waals surface area contributed by atoms with E-state index in [-0.39, 0.29) is 0 Å². The summed E-state index contributed by atoms with van der Waals surface area (Å²) in [5.41, 5.74) is -5.44. The average molecular weight is 257 g/mol. The molecular weight excluding hydrogens is 253 g/mol. The van der Waals surface area contributed by atoms with Crippen molar-refractivity contribution in [1.82, 2.24) is 0 Å². The minimum Gasteiger partial charge on any atom is -0.366 e. The van der Waals surface area contributed by atoms with Crippen molar-refractivity contribution < 1.29 is 26.7 Å². The van der Waals surface area contributed by atoms with Crippen LogP contribution in [0.1, 0.15) is 6.92 Å². The molecule has 0 saturated heterocycles. The molecule has 0 aromatic rings. The summed E-state index contributed by atoms with van der Waals surface area (Å²) >= 11 is 1.98. The summed E-state index contributed by atoms with van der Waals surface area (Å²) in [6.07, 6.45) is 0. The van der Waals surface area contributed by atoms with E-state index in [1.54, 1.807) is 0 Å². The minimum absolute atomic E-state index is 0.482. The van der Waals surface area contributed by atoms with Crippen molar-refractivity contribution in [3.05, 3.63) is 0 Å². The average Bonchev–Trinajstić information content (AvgIpc) is 1.58. The second-order valence-corrected chi connectivity index (χ2v) is 6.15. The lowest BCUT2D eigenvalue weighted by molar-refractivity contribution is -0.0478. The molecule has 0 aromatic carbocycles. The summed E-state index contributed by atoms with van der Waals surface area (Å²) < 4.78 is 52.2. The molecule has 0 aliphatic rings. The summed E-state index contributed by atoms with van der Waals surface area (Å²) in [6, 6.07) is 0. The van der Waals surface area contributed by atoms with E-state index in [1.807, 2.05) is 15.9 Å². The monoisotopic (exact) mass is 256 g/mol. The fourth-order valence-electron chi connectivity index (χ4n) is 0.211. The van der Waals surface area contributed by atoms with Gasteiger partial charge in [0.15, 0.2) is 0 Å². The molecular formula is C3H4BrF3O3S. The van der Waals surface area contributed by atoms with E-state index in [1.165, 1.54) is 0 Å². The number of hydrogen-bond donors (Lipinski definition) is 1. The quantitative estimate of drug-likeness (QED) is 0.712. The molecule has 0 saturated carbocycles. The summed E-state index contributed by atoms with van der Waals surface area (Å²) in [6.45, 7) is 0.482. The lowest BCUT2D eigenvalue weighted by Crippen LogP contribution is -2.39. The van der Waals surface area contributed by atoms with Gasteiger partial charge in [-0.05, 0) is 22.9 Å². The molecule has 1 unspecified atom stereocenters. The number of aliphatic hydroxyl groups is 1. The highest BCUT2D eigenvalue weighted by atomic mass is 79.9. The zero-order valence-electron chi connectivity index (χ0n) is 5.18. The van der Waals surface area contributed by atoms with Crippen molar-refractivity contribution in [1.29, 1.82) is 0 Å². The topological polar surface area (TPSA) is 54.4 Å². The van der Waals surface area contributed by atoms with Crippen LogP contribution in [0.4, 0.5) is 13.2 Å². The number of rotatable bonds is 1. The summed E-state index contributed by atoms with van der Waals surface area (Å²) in [5.74, 6) is 0. The van der Waals surface area contributed by atoms with Gasteiger partial charge in [0.05, 0.1) is 0 Å². The molecule has 0 spiro atoms. The number of halogens is 4. The first-order valence-corrected chi connectivity index (χ1v) is 4.50. The lowest BCUT2D eigenvalue weighted by Gasteiger charge is -2.17. The van der Waals surface area contributed by atoms with Crippen molar-refractivity contribution in [3.8, 4) is 0 Å². The smallest absolute Gasteiger partial charge is 0.366 e. The number of alkyl halides is 4. The Morgan fingerprint density at radius 1 is 1.36 bits per heavy atom. The Morgan fingerprint density at radius 3 is 1.64 bits per heavy atom. The molecule has 0 amide bonds. The van der Waals surface area contributed by atoms with Gasteiger partial charge in [-0.2, -0.15) is 13.2 Å². The fraction of sp³-hybridized carbons (Fsp3) is 1.00. The van der Waals surface area contributed by atoms with E-state index in [2.05, 4.69) is 0 Å². The van der Waals surface area contributed by atoms with Gasteiger partial charge in [0.2, 0.25) is 3.84 Å². The van der Waals surface area contributed by atoms with E-state index in [4.69, 9.17) is 5.11 Å². The summed E-state index contributed by atoms with van der Waals surface area (Å²) in [5, 5.41) is 8.49. The second-order valence-electron chi connectivity index (χ2n) is 1.82. The third-order valence-electron chi connectivity index (χ3n) is 0.795. The Balaban J connectivity index is 5.11. The molecule has 0 fully saturated rings. The highest BCUT2D eigenvalue weighted by Gasteiger charge is 2.55. The summed E-state index contributed by atoms with van der Waals surface area (Å²) in [7, 11) is -5.54. The van der Waals surface area contributed by atoms with Crippen LogP contribution in [0.3, 0.4) is 0 Å². The largest absolute Gasteiger partial charge is 0.501 e. The van der Waals surface area contributed by atoms with Crippen LogP contribution in [0.25, 0.3) is 0 Å². The molecule has 1 N–H and O–H groups in total. The molecule has 0 aliphatic heterocycles. The molecule has 0 aromatic heterocycles. The van der Waals surface area contributed by atoms with Gasteiger partial charge >= 0.3 is 5.51 Å². The van der Waals surface area contributed by atoms with Gasteiger partial charge in [-0.1, -0.05) is 0 Å². The van der Waals surface area contributed by atoms with Gasteiger partial charge in [-0.3, -0.25) is 0 Å². The Hall–Kier alpha value is 0.180. The SMILES string of the molecule is CC(O)(Br)S(=O)(=O)C(F)(F)F. The van der Waals surface area contributed by atoms with Crippen LogP contribution in [0.5, 0.6) is 0 Å². The van der Waals surface area contributed by atoms with Crippen LogP contribution in [0.15, 0.2) is 0 Å². The highest BCUT2D eigenvalue weighted by Crippen LogP contribution is 2.35. The van der Waals surface area contributed by atoms with Crippen LogP contribution in [-0.4, -0.2) is 22.9 Å². The molecule has 8 heteroatoms. The molecule has 0 heterocycles.